The van der Waals surface area contributed by atoms with E-state index in [1.54, 1.807) is 29.2 Å². The van der Waals surface area contributed by atoms with Gasteiger partial charge in [-0.2, -0.15) is 0 Å². The zero-order valence-electron chi connectivity index (χ0n) is 11.3. The van der Waals surface area contributed by atoms with Crippen LogP contribution in [0.4, 0.5) is 10.1 Å². The van der Waals surface area contributed by atoms with Crippen molar-refractivity contribution in [2.75, 3.05) is 38.1 Å². The Balaban J connectivity index is 1.84. The summed E-state index contributed by atoms with van der Waals surface area (Å²) < 4.78 is 16.6. The van der Waals surface area contributed by atoms with Gasteiger partial charge in [0, 0.05) is 38.1 Å². The van der Waals surface area contributed by atoms with E-state index >= 15 is 0 Å². The molecule has 6 heteroatoms. The average Bonchev–Trinajstić information content (AvgIpc) is 2.86. The molecule has 0 unspecified atom stereocenters. The van der Waals surface area contributed by atoms with Gasteiger partial charge >= 0.3 is 0 Å². The third kappa shape index (κ3) is 2.71. The lowest BCUT2D eigenvalue weighted by Crippen LogP contribution is -2.44. The van der Waals surface area contributed by atoms with Crippen LogP contribution in [0.2, 0.25) is 0 Å². The van der Waals surface area contributed by atoms with Crippen LogP contribution in [0.15, 0.2) is 35.3 Å². The highest BCUT2D eigenvalue weighted by molar-refractivity contribution is 9.10. The lowest BCUT2D eigenvalue weighted by molar-refractivity contribution is 0.313. The Bertz CT molecular complexity index is 605. The van der Waals surface area contributed by atoms with Gasteiger partial charge in [0.1, 0.15) is 16.7 Å². The van der Waals surface area contributed by atoms with E-state index in [1.165, 1.54) is 0 Å². The quantitative estimate of drug-likeness (QED) is 0.840. The third-order valence-electron chi connectivity index (χ3n) is 3.63. The van der Waals surface area contributed by atoms with Crippen molar-refractivity contribution in [2.45, 2.75) is 0 Å². The van der Waals surface area contributed by atoms with E-state index in [0.717, 1.165) is 31.9 Å². The van der Waals surface area contributed by atoms with E-state index in [1.807, 2.05) is 6.07 Å². The van der Waals surface area contributed by atoms with Crippen molar-refractivity contribution in [1.82, 2.24) is 14.5 Å². The molecule has 1 aromatic carbocycles. The fourth-order valence-electron chi connectivity index (χ4n) is 2.40. The van der Waals surface area contributed by atoms with Gasteiger partial charge in [-0.3, -0.25) is 0 Å². The van der Waals surface area contributed by atoms with Crippen LogP contribution in [0.25, 0.3) is 5.69 Å². The number of hydrogen-bond acceptors (Lipinski definition) is 3. The van der Waals surface area contributed by atoms with Crippen LogP contribution in [0.5, 0.6) is 0 Å². The van der Waals surface area contributed by atoms with Crippen molar-refractivity contribution in [2.24, 2.45) is 0 Å². The topological polar surface area (TPSA) is 24.3 Å². The predicted molar refractivity (Wildman–Crippen MR) is 80.9 cm³/mol. The van der Waals surface area contributed by atoms with E-state index in [9.17, 15) is 4.39 Å². The summed E-state index contributed by atoms with van der Waals surface area (Å²) in [6, 6.07) is 5.38. The zero-order valence-corrected chi connectivity index (χ0v) is 12.8. The predicted octanol–water partition coefficient (Wildman–Crippen LogP) is 2.53. The SMILES string of the molecule is CN1CCN(c2ccc(-n3cnc(Br)c3)c(F)c2)CC1. The van der Waals surface area contributed by atoms with Crippen LogP contribution in [-0.4, -0.2) is 47.7 Å². The molecule has 4 nitrogen and oxygen atoms in total. The molecule has 106 valence electrons. The van der Waals surface area contributed by atoms with Crippen LogP contribution in [-0.2, 0) is 0 Å². The molecule has 0 spiro atoms. The van der Waals surface area contributed by atoms with E-state index in [4.69, 9.17) is 0 Å². The van der Waals surface area contributed by atoms with Gasteiger partial charge in [0.25, 0.3) is 0 Å². The van der Waals surface area contributed by atoms with Gasteiger partial charge in [0.2, 0.25) is 0 Å². The molecule has 1 aliphatic heterocycles. The van der Waals surface area contributed by atoms with Crippen LogP contribution in [0, 0.1) is 5.82 Å². The van der Waals surface area contributed by atoms with E-state index in [-0.39, 0.29) is 5.82 Å². The third-order valence-corrected chi connectivity index (χ3v) is 4.04. The Kier molecular flexibility index (Phi) is 3.76. The van der Waals surface area contributed by atoms with Crippen molar-refractivity contribution >= 4 is 21.6 Å². The van der Waals surface area contributed by atoms with E-state index in [2.05, 4.69) is 37.8 Å². The first-order valence-corrected chi connectivity index (χ1v) is 7.36. The highest BCUT2D eigenvalue weighted by atomic mass is 79.9. The molecule has 0 radical (unpaired) electrons. The molecule has 1 aromatic heterocycles. The summed E-state index contributed by atoms with van der Waals surface area (Å²) in [5.74, 6) is -0.230. The number of benzene rings is 1. The van der Waals surface area contributed by atoms with Gasteiger partial charge in [0.05, 0.1) is 5.69 Å². The number of hydrogen-bond donors (Lipinski definition) is 0. The Hall–Kier alpha value is -1.40. The maximum absolute atomic E-state index is 14.3. The maximum Gasteiger partial charge on any atom is 0.149 e. The second kappa shape index (κ2) is 5.54. The summed E-state index contributed by atoms with van der Waals surface area (Å²) in [5, 5.41) is 0. The minimum atomic E-state index is -0.230. The van der Waals surface area contributed by atoms with Crippen molar-refractivity contribution in [3.05, 3.63) is 41.1 Å². The number of piperazine rings is 1. The molecule has 2 aromatic rings. The molecule has 0 bridgehead atoms. The summed E-state index contributed by atoms with van der Waals surface area (Å²) in [5.41, 5.74) is 1.46. The fraction of sp³-hybridized carbons (Fsp3) is 0.357. The number of likely N-dealkylation sites (N-methyl/N-ethyl adjacent to an activating group) is 1. The molecule has 20 heavy (non-hydrogen) atoms. The molecular formula is C14H16BrFN4. The molecule has 0 atom stereocenters. The summed E-state index contributed by atoms with van der Waals surface area (Å²) in [7, 11) is 2.11. The number of anilines is 1. The lowest BCUT2D eigenvalue weighted by atomic mass is 10.2. The monoisotopic (exact) mass is 338 g/mol. The molecule has 1 fully saturated rings. The number of nitrogens with zero attached hydrogens (tertiary/aromatic N) is 4. The Morgan fingerprint density at radius 2 is 1.95 bits per heavy atom. The highest BCUT2D eigenvalue weighted by Gasteiger charge is 2.16. The van der Waals surface area contributed by atoms with Crippen LogP contribution in [0.1, 0.15) is 0 Å². The van der Waals surface area contributed by atoms with Crippen molar-refractivity contribution in [3.8, 4) is 5.69 Å². The van der Waals surface area contributed by atoms with Gasteiger partial charge in [0.15, 0.2) is 0 Å². The second-order valence-corrected chi connectivity index (χ2v) is 5.84. The Morgan fingerprint density at radius 1 is 1.20 bits per heavy atom. The second-order valence-electron chi connectivity index (χ2n) is 5.03. The maximum atomic E-state index is 14.3. The Morgan fingerprint density at radius 3 is 2.55 bits per heavy atom. The van der Waals surface area contributed by atoms with Crippen molar-refractivity contribution in [3.63, 3.8) is 0 Å². The molecule has 2 heterocycles. The largest absolute Gasteiger partial charge is 0.369 e. The van der Waals surface area contributed by atoms with Gasteiger partial charge in [-0.25, -0.2) is 9.37 Å². The van der Waals surface area contributed by atoms with Gasteiger partial charge < -0.3 is 14.4 Å². The minimum Gasteiger partial charge on any atom is -0.369 e. The number of aromatic nitrogens is 2. The summed E-state index contributed by atoms with van der Waals surface area (Å²) in [6.07, 6.45) is 3.34. The minimum absolute atomic E-state index is 0.230. The summed E-state index contributed by atoms with van der Waals surface area (Å²) in [4.78, 5) is 8.55. The van der Waals surface area contributed by atoms with E-state index in [0.29, 0.717) is 10.3 Å². The van der Waals surface area contributed by atoms with Gasteiger partial charge in [-0.15, -0.1) is 0 Å². The zero-order chi connectivity index (χ0) is 14.1. The van der Waals surface area contributed by atoms with Gasteiger partial charge in [-0.05, 0) is 41.2 Å². The molecule has 0 amide bonds. The van der Waals surface area contributed by atoms with Crippen LogP contribution >= 0.6 is 15.9 Å². The standard InChI is InChI=1S/C14H16BrFN4/c1-18-4-6-19(7-5-18)11-2-3-13(12(16)8-11)20-9-14(15)17-10-20/h2-3,8-10H,4-7H2,1H3. The summed E-state index contributed by atoms with van der Waals surface area (Å²) in [6.45, 7) is 3.90. The molecular weight excluding hydrogens is 323 g/mol. The van der Waals surface area contributed by atoms with Gasteiger partial charge in [-0.1, -0.05) is 0 Å². The summed E-state index contributed by atoms with van der Waals surface area (Å²) >= 11 is 3.27. The molecule has 1 saturated heterocycles. The highest BCUT2D eigenvalue weighted by Crippen LogP contribution is 2.23. The number of halogens is 2. The lowest BCUT2D eigenvalue weighted by Gasteiger charge is -2.34. The van der Waals surface area contributed by atoms with E-state index < -0.39 is 0 Å². The van der Waals surface area contributed by atoms with Crippen LogP contribution in [0.3, 0.4) is 0 Å². The first-order chi connectivity index (χ1) is 9.63. The number of rotatable bonds is 2. The smallest absolute Gasteiger partial charge is 0.149 e. The first-order valence-electron chi connectivity index (χ1n) is 6.56. The van der Waals surface area contributed by atoms with Crippen molar-refractivity contribution < 1.29 is 4.39 Å². The molecule has 0 aliphatic carbocycles. The normalized spacial score (nSPS) is 16.6. The molecule has 0 saturated carbocycles. The average molecular weight is 339 g/mol. The number of imidazole rings is 1. The Labute approximate surface area is 125 Å². The molecule has 1 aliphatic rings. The fourth-order valence-corrected chi connectivity index (χ4v) is 2.71. The molecule has 3 rings (SSSR count). The van der Waals surface area contributed by atoms with Crippen molar-refractivity contribution in [1.29, 1.82) is 0 Å². The van der Waals surface area contributed by atoms with Crippen LogP contribution < -0.4 is 4.90 Å². The first kappa shape index (κ1) is 13.6. The molecule has 0 N–H and O–H groups in total.